The van der Waals surface area contributed by atoms with Crippen LogP contribution in [0.3, 0.4) is 0 Å². The minimum Gasteiger partial charge on any atom is -0.490 e. The first-order valence-corrected chi connectivity index (χ1v) is 14.5. The third-order valence-electron chi connectivity index (χ3n) is 8.74. The molecule has 3 aliphatic heterocycles. The van der Waals surface area contributed by atoms with E-state index in [0.29, 0.717) is 33.1 Å². The second-order valence-electron chi connectivity index (χ2n) is 10.9. The van der Waals surface area contributed by atoms with Crippen LogP contribution in [-0.2, 0) is 10.2 Å². The van der Waals surface area contributed by atoms with E-state index in [-0.39, 0.29) is 24.1 Å². The van der Waals surface area contributed by atoms with Crippen molar-refractivity contribution in [3.8, 4) is 5.75 Å². The topological polar surface area (TPSA) is 75.7 Å². The Morgan fingerprint density at radius 2 is 1.70 bits per heavy atom. The van der Waals surface area contributed by atoms with Crippen LogP contribution in [0.25, 0.3) is 6.08 Å². The number of rotatable bonds is 7. The molecule has 0 radical (unpaired) electrons. The summed E-state index contributed by atoms with van der Waals surface area (Å²) in [5.41, 5.74) is 2.51. The van der Waals surface area contributed by atoms with Gasteiger partial charge in [-0.2, -0.15) is 0 Å². The van der Waals surface area contributed by atoms with Crippen molar-refractivity contribution < 1.29 is 19.1 Å². The van der Waals surface area contributed by atoms with Crippen molar-refractivity contribution in [1.29, 1.82) is 0 Å². The smallest absolute Gasteiger partial charge is 0.238 e. The van der Waals surface area contributed by atoms with Gasteiger partial charge in [-0.25, -0.2) is 0 Å². The molecule has 1 spiro atoms. The Labute approximate surface area is 254 Å². The summed E-state index contributed by atoms with van der Waals surface area (Å²) in [6.07, 6.45) is 5.43. The average Bonchev–Trinajstić information content (AvgIpc) is 3.52. The first-order chi connectivity index (χ1) is 20.9. The molecule has 212 valence electrons. The van der Waals surface area contributed by atoms with Gasteiger partial charge in [-0.15, -0.1) is 0 Å². The molecule has 4 aromatic rings. The summed E-state index contributed by atoms with van der Waals surface area (Å²) in [4.78, 5) is 46.0. The predicted molar refractivity (Wildman–Crippen MR) is 166 cm³/mol. The Morgan fingerprint density at radius 3 is 2.51 bits per heavy atom. The number of ketones is 2. The summed E-state index contributed by atoms with van der Waals surface area (Å²) in [6, 6.07) is 27.2. The standard InChI is InChI=1S/C36H27ClN2O4/c1-2-20-43-26-10-7-9-24(21-26)32(40)30-31(33(41)23-14-16-25(37)17-15-23)39-19-18-22-8-3-4-11-27(22)34(39)36(30)28-12-5-6-13-29(28)38-35(36)42/h2-19,21,30-31,34H,1,20H2,(H,38,42)/t30-,31+,34+,36+/m0/s1. The molecule has 6 nitrogen and oxygen atoms in total. The van der Waals surface area contributed by atoms with Crippen molar-refractivity contribution in [2.75, 3.05) is 11.9 Å². The van der Waals surface area contributed by atoms with E-state index >= 15 is 0 Å². The number of amides is 1. The van der Waals surface area contributed by atoms with E-state index in [1.54, 1.807) is 54.6 Å². The second-order valence-corrected chi connectivity index (χ2v) is 11.4. The molecule has 1 N–H and O–H groups in total. The highest BCUT2D eigenvalue weighted by Gasteiger charge is 2.70. The molecule has 0 unspecified atom stereocenters. The zero-order valence-electron chi connectivity index (χ0n) is 23.1. The Kier molecular flexibility index (Phi) is 6.51. The van der Waals surface area contributed by atoms with Crippen LogP contribution in [0.2, 0.25) is 5.02 Å². The van der Waals surface area contributed by atoms with E-state index < -0.39 is 23.4 Å². The molecule has 0 aromatic heterocycles. The molecule has 7 heteroatoms. The maximum absolute atomic E-state index is 15.0. The number of anilines is 1. The van der Waals surface area contributed by atoms with Gasteiger partial charge < -0.3 is 15.0 Å². The first-order valence-electron chi connectivity index (χ1n) is 14.1. The molecule has 1 saturated heterocycles. The number of nitrogens with zero attached hydrogens (tertiary/aromatic N) is 1. The van der Waals surface area contributed by atoms with Crippen LogP contribution in [0, 0.1) is 5.92 Å². The van der Waals surface area contributed by atoms with Gasteiger partial charge in [-0.3, -0.25) is 14.4 Å². The summed E-state index contributed by atoms with van der Waals surface area (Å²) in [7, 11) is 0. The molecule has 3 heterocycles. The number of halogens is 1. The highest BCUT2D eigenvalue weighted by molar-refractivity contribution is 6.30. The van der Waals surface area contributed by atoms with E-state index in [9.17, 15) is 14.4 Å². The number of ether oxygens (including phenoxy) is 1. The van der Waals surface area contributed by atoms with Gasteiger partial charge in [-0.1, -0.05) is 78.9 Å². The maximum atomic E-state index is 15.0. The highest BCUT2D eigenvalue weighted by atomic mass is 35.5. The van der Waals surface area contributed by atoms with Crippen LogP contribution in [0.15, 0.2) is 116 Å². The fraction of sp³-hybridized carbons (Fsp3) is 0.139. The number of hydrogen-bond donors (Lipinski definition) is 1. The molecule has 4 aromatic carbocycles. The summed E-state index contributed by atoms with van der Waals surface area (Å²) in [5, 5.41) is 3.57. The van der Waals surface area contributed by atoms with E-state index in [4.69, 9.17) is 16.3 Å². The lowest BCUT2D eigenvalue weighted by Gasteiger charge is -2.38. The average molecular weight is 587 g/mol. The van der Waals surface area contributed by atoms with Crippen molar-refractivity contribution >= 4 is 40.8 Å². The fourth-order valence-electron chi connectivity index (χ4n) is 7.03. The third kappa shape index (κ3) is 4.05. The molecule has 4 atom stereocenters. The lowest BCUT2D eigenvalue weighted by atomic mass is 9.62. The Morgan fingerprint density at radius 1 is 0.930 bits per heavy atom. The molecule has 43 heavy (non-hydrogen) atoms. The van der Waals surface area contributed by atoms with Crippen molar-refractivity contribution in [3.63, 3.8) is 0 Å². The SMILES string of the molecule is C=CCOc1cccc(C(=O)[C@@H]2[C@H](C(=O)c3ccc(Cl)cc3)N3C=Cc4ccccc4[C@@H]3[C@]23C(=O)Nc2ccccc23)c1. The van der Waals surface area contributed by atoms with E-state index in [1.165, 1.54) is 0 Å². The van der Waals surface area contributed by atoms with Gasteiger partial charge in [0.25, 0.3) is 0 Å². The number of hydrogen-bond acceptors (Lipinski definition) is 5. The van der Waals surface area contributed by atoms with Gasteiger partial charge in [0.1, 0.15) is 23.8 Å². The highest BCUT2D eigenvalue weighted by Crippen LogP contribution is 2.62. The molecule has 0 aliphatic carbocycles. The minimum atomic E-state index is -1.40. The Balaban J connectivity index is 1.50. The van der Waals surface area contributed by atoms with Gasteiger partial charge in [0.2, 0.25) is 5.91 Å². The summed E-state index contributed by atoms with van der Waals surface area (Å²) in [5.74, 6) is -1.47. The molecule has 0 bridgehead atoms. The summed E-state index contributed by atoms with van der Waals surface area (Å²) < 4.78 is 5.75. The van der Waals surface area contributed by atoms with Crippen LogP contribution in [0.5, 0.6) is 5.75 Å². The van der Waals surface area contributed by atoms with Crippen LogP contribution < -0.4 is 10.1 Å². The van der Waals surface area contributed by atoms with E-state index in [0.717, 1.165) is 11.1 Å². The number of para-hydroxylation sites is 1. The van der Waals surface area contributed by atoms with Gasteiger partial charge in [0, 0.05) is 28.0 Å². The molecule has 1 amide bonds. The largest absolute Gasteiger partial charge is 0.490 e. The molecular weight excluding hydrogens is 560 g/mol. The number of Topliss-reactive ketones (excluding diaryl/α,β-unsaturated/α-hetero) is 2. The van der Waals surface area contributed by atoms with Crippen LogP contribution in [0.4, 0.5) is 5.69 Å². The van der Waals surface area contributed by atoms with Gasteiger partial charge >= 0.3 is 0 Å². The molecule has 7 rings (SSSR count). The van der Waals surface area contributed by atoms with Crippen molar-refractivity contribution in [3.05, 3.63) is 149 Å². The first kappa shape index (κ1) is 26.9. The number of carbonyl (C=O) groups is 3. The van der Waals surface area contributed by atoms with Crippen molar-refractivity contribution in [2.24, 2.45) is 5.92 Å². The second kappa shape index (κ2) is 10.4. The zero-order valence-corrected chi connectivity index (χ0v) is 23.8. The molecule has 3 aliphatic rings. The summed E-state index contributed by atoms with van der Waals surface area (Å²) in [6.45, 7) is 3.98. The lowest BCUT2D eigenvalue weighted by Crippen LogP contribution is -2.49. The third-order valence-corrected chi connectivity index (χ3v) is 8.99. The predicted octanol–water partition coefficient (Wildman–Crippen LogP) is 6.89. The van der Waals surface area contributed by atoms with E-state index in [1.807, 2.05) is 65.7 Å². The van der Waals surface area contributed by atoms with Gasteiger partial charge in [-0.05, 0) is 65.2 Å². The van der Waals surface area contributed by atoms with E-state index in [2.05, 4.69) is 11.9 Å². The lowest BCUT2D eigenvalue weighted by molar-refractivity contribution is -0.122. The number of carbonyl (C=O) groups excluding carboxylic acids is 3. The fourth-order valence-corrected chi connectivity index (χ4v) is 7.15. The molecule has 0 saturated carbocycles. The van der Waals surface area contributed by atoms with Crippen LogP contribution >= 0.6 is 11.6 Å². The summed E-state index contributed by atoms with van der Waals surface area (Å²) >= 11 is 6.17. The number of nitrogens with one attached hydrogen (secondary N) is 1. The monoisotopic (exact) mass is 586 g/mol. The Hall–Kier alpha value is -4.94. The van der Waals surface area contributed by atoms with Gasteiger partial charge in [0.05, 0.1) is 12.0 Å². The normalized spacial score (nSPS) is 22.9. The minimum absolute atomic E-state index is 0.267. The molecular formula is C36H27ClN2O4. The number of fused-ring (bicyclic) bond motifs is 6. The maximum Gasteiger partial charge on any atom is 0.238 e. The van der Waals surface area contributed by atoms with Crippen molar-refractivity contribution in [2.45, 2.75) is 17.5 Å². The van der Waals surface area contributed by atoms with Crippen LogP contribution in [-0.4, -0.2) is 35.0 Å². The van der Waals surface area contributed by atoms with Crippen molar-refractivity contribution in [1.82, 2.24) is 4.90 Å². The van der Waals surface area contributed by atoms with Gasteiger partial charge in [0.15, 0.2) is 11.6 Å². The molecule has 1 fully saturated rings. The zero-order chi connectivity index (χ0) is 29.7. The number of benzene rings is 4. The Bertz CT molecular complexity index is 1830. The van der Waals surface area contributed by atoms with Crippen LogP contribution in [0.1, 0.15) is 43.4 Å². The quantitative estimate of drug-likeness (QED) is 0.189.